The van der Waals surface area contributed by atoms with Crippen LogP contribution < -0.4 is 10.6 Å². The van der Waals surface area contributed by atoms with Crippen LogP contribution in [0.2, 0.25) is 0 Å². The molecule has 2 N–H and O–H groups in total. The van der Waals surface area contributed by atoms with Gasteiger partial charge in [0.1, 0.15) is 5.76 Å². The minimum atomic E-state index is 0.516. The number of aryl methyl sites for hydroxylation is 1. The van der Waals surface area contributed by atoms with E-state index in [4.69, 9.17) is 16.7 Å². The lowest BCUT2D eigenvalue weighted by Gasteiger charge is -2.23. The summed E-state index contributed by atoms with van der Waals surface area (Å²) in [5, 5.41) is 10.8. The molecule has 0 radical (unpaired) electrons. The van der Waals surface area contributed by atoms with E-state index >= 15 is 0 Å². The first kappa shape index (κ1) is 11.4. The molecule has 1 fully saturated rings. The largest absolute Gasteiger partial charge is 0.360 e. The van der Waals surface area contributed by atoms with Gasteiger partial charge in [0, 0.05) is 12.1 Å². The fraction of sp³-hybridized carbons (Fsp3) is 0.636. The van der Waals surface area contributed by atoms with Gasteiger partial charge in [0.25, 0.3) is 0 Å². The fourth-order valence-corrected chi connectivity index (χ4v) is 2.28. The van der Waals surface area contributed by atoms with Crippen molar-refractivity contribution >= 4 is 23.1 Å². The number of nitrogens with zero attached hydrogens (tertiary/aromatic N) is 1. The summed E-state index contributed by atoms with van der Waals surface area (Å²) < 4.78 is 4.96. The third kappa shape index (κ3) is 3.20. The van der Waals surface area contributed by atoms with Crippen molar-refractivity contribution in [3.63, 3.8) is 0 Å². The van der Waals surface area contributed by atoms with Crippen molar-refractivity contribution < 1.29 is 4.52 Å². The first-order valence-corrected chi connectivity index (χ1v) is 6.16. The maximum atomic E-state index is 5.22. The third-order valence-corrected chi connectivity index (χ3v) is 3.03. The third-order valence-electron chi connectivity index (χ3n) is 2.81. The summed E-state index contributed by atoms with van der Waals surface area (Å²) in [4.78, 5) is 0. The summed E-state index contributed by atoms with van der Waals surface area (Å²) in [6, 6.07) is 2.34. The minimum Gasteiger partial charge on any atom is -0.360 e. The number of anilines is 1. The molecule has 5 heteroatoms. The van der Waals surface area contributed by atoms with Crippen LogP contribution in [0.25, 0.3) is 0 Å². The Bertz CT molecular complexity index is 358. The first-order valence-electron chi connectivity index (χ1n) is 5.75. The van der Waals surface area contributed by atoms with Crippen molar-refractivity contribution in [1.82, 2.24) is 10.5 Å². The summed E-state index contributed by atoms with van der Waals surface area (Å²) >= 11 is 5.22. The number of aromatic nitrogens is 1. The Kier molecular flexibility index (Phi) is 3.77. The lowest BCUT2D eigenvalue weighted by molar-refractivity contribution is 0.400. The van der Waals surface area contributed by atoms with Crippen LogP contribution in [0.15, 0.2) is 10.6 Å². The molecule has 0 spiro atoms. The summed E-state index contributed by atoms with van der Waals surface area (Å²) in [6.07, 6.45) is 6.35. The highest BCUT2D eigenvalue weighted by Gasteiger charge is 2.14. The Hall–Kier alpha value is -1.10. The molecule has 1 aliphatic rings. The molecule has 1 aromatic rings. The van der Waals surface area contributed by atoms with Crippen molar-refractivity contribution in [3.05, 3.63) is 11.8 Å². The molecule has 16 heavy (non-hydrogen) atoms. The highest BCUT2D eigenvalue weighted by molar-refractivity contribution is 7.80. The van der Waals surface area contributed by atoms with Gasteiger partial charge in [-0.05, 0) is 32.0 Å². The average molecular weight is 239 g/mol. The van der Waals surface area contributed by atoms with E-state index in [1.165, 1.54) is 32.1 Å². The van der Waals surface area contributed by atoms with Gasteiger partial charge in [-0.15, -0.1) is 0 Å². The first-order chi connectivity index (χ1) is 7.74. The number of hydrogen-bond donors (Lipinski definition) is 2. The molecule has 1 aromatic heterocycles. The standard InChI is InChI=1S/C11H17N3OS/c1-8-7-10(14-15-8)13-11(16)12-9-5-3-2-4-6-9/h7,9H,2-6H2,1H3,(H2,12,13,14,16). The van der Waals surface area contributed by atoms with Gasteiger partial charge in [-0.2, -0.15) is 0 Å². The summed E-state index contributed by atoms with van der Waals surface area (Å²) in [5.41, 5.74) is 0. The molecule has 0 amide bonds. The van der Waals surface area contributed by atoms with E-state index in [1.54, 1.807) is 0 Å². The maximum Gasteiger partial charge on any atom is 0.175 e. The Morgan fingerprint density at radius 2 is 2.19 bits per heavy atom. The predicted octanol–water partition coefficient (Wildman–Crippen LogP) is 2.60. The second kappa shape index (κ2) is 5.30. The quantitative estimate of drug-likeness (QED) is 0.777. The number of rotatable bonds is 2. The maximum absolute atomic E-state index is 5.22. The van der Waals surface area contributed by atoms with Gasteiger partial charge in [-0.3, -0.25) is 0 Å². The normalized spacial score (nSPS) is 17.1. The minimum absolute atomic E-state index is 0.516. The zero-order chi connectivity index (χ0) is 11.4. The van der Waals surface area contributed by atoms with Crippen molar-refractivity contribution in [2.75, 3.05) is 5.32 Å². The predicted molar refractivity (Wildman–Crippen MR) is 67.5 cm³/mol. The molecule has 88 valence electrons. The van der Waals surface area contributed by atoms with Crippen molar-refractivity contribution in [2.45, 2.75) is 45.1 Å². The monoisotopic (exact) mass is 239 g/mol. The Morgan fingerprint density at radius 1 is 1.44 bits per heavy atom. The Balaban J connectivity index is 1.79. The smallest absolute Gasteiger partial charge is 0.175 e. The van der Waals surface area contributed by atoms with E-state index in [0.29, 0.717) is 17.0 Å². The van der Waals surface area contributed by atoms with Crippen LogP contribution in [0.5, 0.6) is 0 Å². The summed E-state index contributed by atoms with van der Waals surface area (Å²) in [6.45, 7) is 1.86. The van der Waals surface area contributed by atoms with E-state index in [1.807, 2.05) is 13.0 Å². The van der Waals surface area contributed by atoms with Crippen LogP contribution >= 0.6 is 12.2 Å². The summed E-state index contributed by atoms with van der Waals surface area (Å²) in [7, 11) is 0. The van der Waals surface area contributed by atoms with Gasteiger partial charge < -0.3 is 15.2 Å². The second-order valence-corrected chi connectivity index (χ2v) is 4.66. The topological polar surface area (TPSA) is 50.1 Å². The van der Waals surface area contributed by atoms with Crippen LogP contribution in [0.3, 0.4) is 0 Å². The molecule has 1 aliphatic carbocycles. The molecule has 0 unspecified atom stereocenters. The fourth-order valence-electron chi connectivity index (χ4n) is 2.01. The highest BCUT2D eigenvalue weighted by atomic mass is 32.1. The molecule has 0 bridgehead atoms. The zero-order valence-electron chi connectivity index (χ0n) is 9.45. The van der Waals surface area contributed by atoms with E-state index in [0.717, 1.165) is 5.76 Å². The Labute approximate surface area is 101 Å². The van der Waals surface area contributed by atoms with Crippen LogP contribution in [0.1, 0.15) is 37.9 Å². The van der Waals surface area contributed by atoms with Gasteiger partial charge >= 0.3 is 0 Å². The Morgan fingerprint density at radius 3 is 2.81 bits per heavy atom. The van der Waals surface area contributed by atoms with Crippen molar-refractivity contribution in [2.24, 2.45) is 0 Å². The van der Waals surface area contributed by atoms with E-state index < -0.39 is 0 Å². The molecule has 1 saturated carbocycles. The molecule has 0 aliphatic heterocycles. The second-order valence-electron chi connectivity index (χ2n) is 4.26. The molecule has 0 atom stereocenters. The zero-order valence-corrected chi connectivity index (χ0v) is 10.3. The van der Waals surface area contributed by atoms with Crippen molar-refractivity contribution in [3.8, 4) is 0 Å². The average Bonchev–Trinajstić information content (AvgIpc) is 2.65. The summed E-state index contributed by atoms with van der Waals surface area (Å²) in [5.74, 6) is 1.45. The molecular formula is C11H17N3OS. The lowest BCUT2D eigenvalue weighted by Crippen LogP contribution is -2.38. The van der Waals surface area contributed by atoms with Gasteiger partial charge in [-0.25, -0.2) is 0 Å². The number of nitrogens with one attached hydrogen (secondary N) is 2. The van der Waals surface area contributed by atoms with Gasteiger partial charge in [0.05, 0.1) is 0 Å². The van der Waals surface area contributed by atoms with E-state index in [-0.39, 0.29) is 0 Å². The van der Waals surface area contributed by atoms with Crippen LogP contribution in [-0.2, 0) is 0 Å². The van der Waals surface area contributed by atoms with Crippen LogP contribution in [0, 0.1) is 6.92 Å². The SMILES string of the molecule is Cc1cc(NC(=S)NC2CCCCC2)no1. The number of thiocarbonyl (C=S) groups is 1. The van der Waals surface area contributed by atoms with Crippen molar-refractivity contribution in [1.29, 1.82) is 0 Å². The number of hydrogen-bond acceptors (Lipinski definition) is 3. The molecular weight excluding hydrogens is 222 g/mol. The molecule has 2 rings (SSSR count). The van der Waals surface area contributed by atoms with E-state index in [9.17, 15) is 0 Å². The molecule has 4 nitrogen and oxygen atoms in total. The lowest BCUT2D eigenvalue weighted by atomic mass is 9.96. The van der Waals surface area contributed by atoms with Crippen LogP contribution in [-0.4, -0.2) is 16.3 Å². The van der Waals surface area contributed by atoms with E-state index in [2.05, 4.69) is 15.8 Å². The molecule has 0 aromatic carbocycles. The molecule has 1 heterocycles. The van der Waals surface area contributed by atoms with Gasteiger partial charge in [-0.1, -0.05) is 24.4 Å². The van der Waals surface area contributed by atoms with Gasteiger partial charge in [0.2, 0.25) is 0 Å². The molecule has 0 saturated heterocycles. The van der Waals surface area contributed by atoms with Crippen LogP contribution in [0.4, 0.5) is 5.82 Å². The van der Waals surface area contributed by atoms with Gasteiger partial charge in [0.15, 0.2) is 10.9 Å². The highest BCUT2D eigenvalue weighted by Crippen LogP contribution is 2.17.